The van der Waals surface area contributed by atoms with Gasteiger partial charge >= 0.3 is 0 Å². The molecule has 2 amide bonds. The summed E-state index contributed by atoms with van der Waals surface area (Å²) in [5.74, 6) is 1.93. The molecule has 5 rings (SSSR count). The van der Waals surface area contributed by atoms with E-state index in [2.05, 4.69) is 10.6 Å². The number of fused-ring (bicyclic) bond motifs is 1. The highest BCUT2D eigenvalue weighted by Crippen LogP contribution is 2.26. The molecular weight excluding hydrogens is 468 g/mol. The minimum atomic E-state index is -0.108. The van der Waals surface area contributed by atoms with Crippen LogP contribution in [0.3, 0.4) is 0 Å². The summed E-state index contributed by atoms with van der Waals surface area (Å²) in [6.45, 7) is 1.95. The number of imidazole rings is 1. The van der Waals surface area contributed by atoms with Crippen molar-refractivity contribution in [3.8, 4) is 17.2 Å². The average Bonchev–Trinajstić information content (AvgIpc) is 3.34. The summed E-state index contributed by atoms with van der Waals surface area (Å²) in [6.07, 6.45) is 0.890. The highest BCUT2D eigenvalue weighted by molar-refractivity contribution is 5.97. The average molecular weight is 499 g/mol. The molecule has 0 bridgehead atoms. The van der Waals surface area contributed by atoms with Crippen molar-refractivity contribution < 1.29 is 19.1 Å². The van der Waals surface area contributed by atoms with E-state index in [1.807, 2.05) is 53.4 Å². The van der Waals surface area contributed by atoms with E-state index in [1.165, 1.54) is 7.11 Å². The molecule has 1 saturated heterocycles. The fraction of sp³-hybridized carbons (Fsp3) is 0.276. The Morgan fingerprint density at radius 3 is 2.27 bits per heavy atom. The van der Waals surface area contributed by atoms with Crippen LogP contribution in [0.1, 0.15) is 22.6 Å². The molecule has 8 heteroatoms. The number of nitrogens with zero attached hydrogens (tertiary/aromatic N) is 4. The number of benzene rings is 3. The summed E-state index contributed by atoms with van der Waals surface area (Å²) in [5, 5.41) is 0. The lowest BCUT2D eigenvalue weighted by Crippen LogP contribution is -2.50. The van der Waals surface area contributed by atoms with Crippen molar-refractivity contribution in [3.05, 3.63) is 84.2 Å². The molecule has 4 aromatic rings. The monoisotopic (exact) mass is 498 g/mol. The summed E-state index contributed by atoms with van der Waals surface area (Å²) >= 11 is 0. The third-order valence-electron chi connectivity index (χ3n) is 6.77. The number of hydrogen-bond acceptors (Lipinski definition) is 5. The minimum absolute atomic E-state index is 0.0702. The smallest absolute Gasteiger partial charge is 0.257 e. The fourth-order valence-corrected chi connectivity index (χ4v) is 4.79. The zero-order valence-corrected chi connectivity index (χ0v) is 21.1. The van der Waals surface area contributed by atoms with E-state index in [9.17, 15) is 9.59 Å². The zero-order chi connectivity index (χ0) is 25.8. The predicted molar refractivity (Wildman–Crippen MR) is 141 cm³/mol. The van der Waals surface area contributed by atoms with Crippen LogP contribution >= 0.6 is 0 Å². The molecule has 1 fully saturated rings. The first kappa shape index (κ1) is 24.4. The molecule has 0 N–H and O–H groups in total. The molecule has 3 aromatic carbocycles. The van der Waals surface area contributed by atoms with Crippen LogP contribution < -0.4 is 9.47 Å². The van der Waals surface area contributed by atoms with Gasteiger partial charge in [-0.1, -0.05) is 30.3 Å². The number of piperazine rings is 1. The van der Waals surface area contributed by atoms with Crippen LogP contribution in [0.2, 0.25) is 0 Å². The molecule has 37 heavy (non-hydrogen) atoms. The Balaban J connectivity index is 1.23. The maximum Gasteiger partial charge on any atom is 0.257 e. The summed E-state index contributed by atoms with van der Waals surface area (Å²) in [6, 6.07) is 23.3. The largest absolute Gasteiger partial charge is 0.497 e. The van der Waals surface area contributed by atoms with Crippen molar-refractivity contribution in [3.63, 3.8) is 0 Å². The Bertz CT molecular complexity index is 1410. The van der Waals surface area contributed by atoms with E-state index in [1.54, 1.807) is 30.2 Å². The third-order valence-corrected chi connectivity index (χ3v) is 6.77. The molecule has 2 heterocycles. The van der Waals surface area contributed by atoms with E-state index in [0.29, 0.717) is 56.1 Å². The highest BCUT2D eigenvalue weighted by Gasteiger charge is 2.27. The first-order valence-electron chi connectivity index (χ1n) is 12.4. The van der Waals surface area contributed by atoms with E-state index in [4.69, 9.17) is 14.5 Å². The highest BCUT2D eigenvalue weighted by atomic mass is 16.5. The summed E-state index contributed by atoms with van der Waals surface area (Å²) in [4.78, 5) is 34.6. The van der Waals surface area contributed by atoms with Crippen LogP contribution in [0, 0.1) is 0 Å². The Hall–Kier alpha value is -4.33. The second-order valence-corrected chi connectivity index (χ2v) is 8.93. The fourth-order valence-electron chi connectivity index (χ4n) is 4.79. The van der Waals surface area contributed by atoms with Gasteiger partial charge in [-0.15, -0.1) is 0 Å². The van der Waals surface area contributed by atoms with Gasteiger partial charge < -0.3 is 19.3 Å². The second kappa shape index (κ2) is 10.7. The number of carbonyl (C=O) groups excluding carboxylic acids is 2. The first-order chi connectivity index (χ1) is 18.1. The molecule has 1 aromatic heterocycles. The number of hydrogen-bond donors (Lipinski definition) is 0. The van der Waals surface area contributed by atoms with Gasteiger partial charge in [-0.25, -0.2) is 4.98 Å². The van der Waals surface area contributed by atoms with Gasteiger partial charge in [0.25, 0.3) is 5.91 Å². The summed E-state index contributed by atoms with van der Waals surface area (Å²) in [5.41, 5.74) is 3.45. The molecule has 190 valence electrons. The lowest BCUT2D eigenvalue weighted by atomic mass is 10.1. The SMILES string of the molecule is COc1ccc(C(=O)N2CCN(C(=O)CCc3nc4ccccc4n3-c3ccccc3)CC2)c(OC)c1. The Morgan fingerprint density at radius 1 is 0.838 bits per heavy atom. The Kier molecular flexibility index (Phi) is 7.07. The molecule has 0 spiro atoms. The standard InChI is InChI=1S/C29H30N4O4/c1-36-22-12-13-23(26(20-22)37-2)29(35)32-18-16-31(17-19-32)28(34)15-14-27-30-24-10-6-7-11-25(24)33(27)21-8-4-3-5-9-21/h3-13,20H,14-19H2,1-2H3. The van der Waals surface area contributed by atoms with E-state index in [-0.39, 0.29) is 11.8 Å². The number of aryl methyl sites for hydroxylation is 1. The number of ether oxygens (including phenoxy) is 2. The van der Waals surface area contributed by atoms with Crippen molar-refractivity contribution in [2.45, 2.75) is 12.8 Å². The normalized spacial score (nSPS) is 13.6. The molecule has 0 aliphatic carbocycles. The predicted octanol–water partition coefficient (Wildman–Crippen LogP) is 3.96. The van der Waals surface area contributed by atoms with Crippen molar-refractivity contribution in [2.75, 3.05) is 40.4 Å². The number of rotatable bonds is 7. The quantitative estimate of drug-likeness (QED) is 0.386. The van der Waals surface area contributed by atoms with Crippen LogP contribution in [-0.4, -0.2) is 71.6 Å². The molecule has 8 nitrogen and oxygen atoms in total. The van der Waals surface area contributed by atoms with Gasteiger partial charge in [-0.05, 0) is 36.4 Å². The summed E-state index contributed by atoms with van der Waals surface area (Å²) < 4.78 is 12.7. The minimum Gasteiger partial charge on any atom is -0.497 e. The lowest BCUT2D eigenvalue weighted by molar-refractivity contribution is -0.132. The molecular formula is C29H30N4O4. The van der Waals surface area contributed by atoms with E-state index >= 15 is 0 Å². The van der Waals surface area contributed by atoms with Crippen LogP contribution in [0.15, 0.2) is 72.8 Å². The molecule has 0 saturated carbocycles. The third kappa shape index (κ3) is 5.00. The van der Waals surface area contributed by atoms with Gasteiger partial charge in [0, 0.05) is 50.8 Å². The number of methoxy groups -OCH3 is 2. The van der Waals surface area contributed by atoms with Gasteiger partial charge in [-0.3, -0.25) is 14.2 Å². The number of para-hydroxylation sites is 3. The van der Waals surface area contributed by atoms with Crippen molar-refractivity contribution in [1.29, 1.82) is 0 Å². The zero-order valence-electron chi connectivity index (χ0n) is 21.1. The van der Waals surface area contributed by atoms with Gasteiger partial charge in [0.2, 0.25) is 5.91 Å². The molecule has 0 unspecified atom stereocenters. The summed E-state index contributed by atoms with van der Waals surface area (Å²) in [7, 11) is 3.11. The Labute approximate surface area is 216 Å². The van der Waals surface area contributed by atoms with Gasteiger partial charge in [-0.2, -0.15) is 0 Å². The number of amides is 2. The van der Waals surface area contributed by atoms with Crippen LogP contribution in [-0.2, 0) is 11.2 Å². The van der Waals surface area contributed by atoms with Gasteiger partial charge in [0.05, 0.1) is 30.8 Å². The van der Waals surface area contributed by atoms with Crippen LogP contribution in [0.5, 0.6) is 11.5 Å². The van der Waals surface area contributed by atoms with Crippen LogP contribution in [0.4, 0.5) is 0 Å². The molecule has 1 aliphatic rings. The second-order valence-electron chi connectivity index (χ2n) is 8.93. The Morgan fingerprint density at radius 2 is 1.54 bits per heavy atom. The number of aromatic nitrogens is 2. The van der Waals surface area contributed by atoms with Gasteiger partial charge in [0.1, 0.15) is 17.3 Å². The van der Waals surface area contributed by atoms with E-state index in [0.717, 1.165) is 22.5 Å². The number of carbonyl (C=O) groups is 2. The van der Waals surface area contributed by atoms with E-state index < -0.39 is 0 Å². The maximum absolute atomic E-state index is 13.1. The first-order valence-corrected chi connectivity index (χ1v) is 12.4. The van der Waals surface area contributed by atoms with Crippen LogP contribution in [0.25, 0.3) is 16.7 Å². The maximum atomic E-state index is 13.1. The molecule has 1 aliphatic heterocycles. The van der Waals surface area contributed by atoms with Crippen molar-refractivity contribution >= 4 is 22.8 Å². The topological polar surface area (TPSA) is 76.9 Å². The van der Waals surface area contributed by atoms with Crippen molar-refractivity contribution in [1.82, 2.24) is 19.4 Å². The van der Waals surface area contributed by atoms with Gasteiger partial charge in [0.15, 0.2) is 0 Å². The lowest BCUT2D eigenvalue weighted by Gasteiger charge is -2.35. The van der Waals surface area contributed by atoms with Crippen molar-refractivity contribution in [2.24, 2.45) is 0 Å². The molecule has 0 radical (unpaired) electrons. The molecule has 0 atom stereocenters.